The molecule has 16 heavy (non-hydrogen) atoms. The highest BCUT2D eigenvalue weighted by Crippen LogP contribution is 2.13. The van der Waals surface area contributed by atoms with Crippen LogP contribution in [-0.2, 0) is 6.54 Å². The monoisotopic (exact) mass is 219 g/mol. The Morgan fingerprint density at radius 3 is 2.38 bits per heavy atom. The molecule has 1 heteroatoms. The topological polar surface area (TPSA) is 3.24 Å². The van der Waals surface area contributed by atoms with Crippen molar-refractivity contribution < 1.29 is 0 Å². The lowest BCUT2D eigenvalue weighted by Gasteiger charge is -2.22. The van der Waals surface area contributed by atoms with Crippen LogP contribution in [0.5, 0.6) is 0 Å². The van der Waals surface area contributed by atoms with E-state index in [1.54, 1.807) is 0 Å². The first-order chi connectivity index (χ1) is 7.76. The number of hydrogen-bond acceptors (Lipinski definition) is 1. The summed E-state index contributed by atoms with van der Waals surface area (Å²) in [5.41, 5.74) is 1.41. The highest BCUT2D eigenvalue weighted by Gasteiger charge is 2.08. The van der Waals surface area contributed by atoms with Gasteiger partial charge in [0.2, 0.25) is 0 Å². The van der Waals surface area contributed by atoms with Crippen LogP contribution in [0, 0.1) is 5.92 Å². The summed E-state index contributed by atoms with van der Waals surface area (Å²) in [5.74, 6) is 0.860. The molecule has 1 atom stereocenters. The van der Waals surface area contributed by atoms with E-state index < -0.39 is 0 Å². The van der Waals surface area contributed by atoms with Gasteiger partial charge in [0.05, 0.1) is 0 Å². The molecule has 0 saturated carbocycles. The van der Waals surface area contributed by atoms with Gasteiger partial charge < -0.3 is 4.90 Å². The number of nitrogens with zero attached hydrogens (tertiary/aromatic N) is 1. The van der Waals surface area contributed by atoms with Gasteiger partial charge in [-0.1, -0.05) is 57.0 Å². The van der Waals surface area contributed by atoms with E-state index in [0.717, 1.165) is 12.5 Å². The maximum Gasteiger partial charge on any atom is 0.0230 e. The minimum Gasteiger partial charge on any atom is -0.302 e. The van der Waals surface area contributed by atoms with Crippen molar-refractivity contribution in [2.75, 3.05) is 13.6 Å². The standard InChI is InChI=1S/C15H25N/c1-4-9-14(5-2)12-16(3)13-15-10-7-6-8-11-15/h6-8,10-11,14H,4-5,9,12-13H2,1-3H3/t14-/m0/s1. The van der Waals surface area contributed by atoms with Crippen molar-refractivity contribution in [1.29, 1.82) is 0 Å². The molecule has 1 aromatic carbocycles. The van der Waals surface area contributed by atoms with Gasteiger partial charge in [-0.15, -0.1) is 0 Å². The van der Waals surface area contributed by atoms with Crippen molar-refractivity contribution in [3.63, 3.8) is 0 Å². The molecule has 0 saturated heterocycles. The van der Waals surface area contributed by atoms with E-state index in [1.807, 2.05) is 0 Å². The van der Waals surface area contributed by atoms with Gasteiger partial charge in [-0.25, -0.2) is 0 Å². The molecule has 1 rings (SSSR count). The van der Waals surface area contributed by atoms with Crippen molar-refractivity contribution >= 4 is 0 Å². The Hall–Kier alpha value is -0.820. The second kappa shape index (κ2) is 7.45. The van der Waals surface area contributed by atoms with E-state index in [4.69, 9.17) is 0 Å². The Morgan fingerprint density at radius 1 is 1.12 bits per heavy atom. The van der Waals surface area contributed by atoms with E-state index in [2.05, 4.69) is 56.1 Å². The third kappa shape index (κ3) is 4.80. The van der Waals surface area contributed by atoms with Crippen LogP contribution in [-0.4, -0.2) is 18.5 Å². The minimum atomic E-state index is 0.860. The summed E-state index contributed by atoms with van der Waals surface area (Å²) in [6, 6.07) is 10.7. The largest absolute Gasteiger partial charge is 0.302 e. The predicted molar refractivity (Wildman–Crippen MR) is 71.5 cm³/mol. The second-order valence-electron chi connectivity index (χ2n) is 4.75. The summed E-state index contributed by atoms with van der Waals surface area (Å²) in [4.78, 5) is 2.44. The Labute approximate surface area is 100 Å². The Kier molecular flexibility index (Phi) is 6.17. The Bertz CT molecular complexity index is 268. The van der Waals surface area contributed by atoms with Crippen molar-refractivity contribution in [3.05, 3.63) is 35.9 Å². The van der Waals surface area contributed by atoms with Crippen LogP contribution in [0.2, 0.25) is 0 Å². The Balaban J connectivity index is 2.37. The van der Waals surface area contributed by atoms with Crippen LogP contribution in [0.15, 0.2) is 30.3 Å². The van der Waals surface area contributed by atoms with Crippen LogP contribution in [0.3, 0.4) is 0 Å². The second-order valence-corrected chi connectivity index (χ2v) is 4.75. The zero-order chi connectivity index (χ0) is 11.8. The summed E-state index contributed by atoms with van der Waals surface area (Å²) >= 11 is 0. The molecule has 0 fully saturated rings. The van der Waals surface area contributed by atoms with Crippen LogP contribution < -0.4 is 0 Å². The average Bonchev–Trinajstić information content (AvgIpc) is 2.29. The third-order valence-corrected chi connectivity index (χ3v) is 3.14. The van der Waals surface area contributed by atoms with Gasteiger partial charge in [-0.05, 0) is 24.9 Å². The lowest BCUT2D eigenvalue weighted by Crippen LogP contribution is -2.25. The number of rotatable bonds is 7. The molecule has 0 amide bonds. The van der Waals surface area contributed by atoms with Crippen molar-refractivity contribution in [2.24, 2.45) is 5.92 Å². The van der Waals surface area contributed by atoms with Gasteiger partial charge in [-0.2, -0.15) is 0 Å². The molecule has 0 aromatic heterocycles. The molecule has 1 nitrogen and oxygen atoms in total. The molecule has 0 spiro atoms. The summed E-state index contributed by atoms with van der Waals surface area (Å²) in [5, 5.41) is 0. The fraction of sp³-hybridized carbons (Fsp3) is 0.600. The molecule has 0 aliphatic carbocycles. The quantitative estimate of drug-likeness (QED) is 0.671. The highest BCUT2D eigenvalue weighted by molar-refractivity contribution is 5.14. The van der Waals surface area contributed by atoms with Gasteiger partial charge in [0.1, 0.15) is 0 Å². The average molecular weight is 219 g/mol. The molecule has 0 heterocycles. The summed E-state index contributed by atoms with van der Waals surface area (Å²) in [6.45, 7) is 6.87. The van der Waals surface area contributed by atoms with Crippen LogP contribution in [0.4, 0.5) is 0 Å². The molecule has 1 aromatic rings. The highest BCUT2D eigenvalue weighted by atomic mass is 15.1. The van der Waals surface area contributed by atoms with E-state index in [9.17, 15) is 0 Å². The van der Waals surface area contributed by atoms with Crippen molar-refractivity contribution in [2.45, 2.75) is 39.7 Å². The maximum absolute atomic E-state index is 2.44. The first-order valence-electron chi connectivity index (χ1n) is 6.48. The van der Waals surface area contributed by atoms with Crippen LogP contribution in [0.25, 0.3) is 0 Å². The molecule has 0 unspecified atom stereocenters. The molecule has 0 N–H and O–H groups in total. The minimum absolute atomic E-state index is 0.860. The lowest BCUT2D eigenvalue weighted by atomic mass is 10.00. The predicted octanol–water partition coefficient (Wildman–Crippen LogP) is 3.94. The normalized spacial score (nSPS) is 13.0. The van der Waals surface area contributed by atoms with Gasteiger partial charge in [0.25, 0.3) is 0 Å². The van der Waals surface area contributed by atoms with Gasteiger partial charge in [0.15, 0.2) is 0 Å². The van der Waals surface area contributed by atoms with Gasteiger partial charge in [-0.3, -0.25) is 0 Å². The first-order valence-corrected chi connectivity index (χ1v) is 6.48. The van der Waals surface area contributed by atoms with E-state index >= 15 is 0 Å². The summed E-state index contributed by atoms with van der Waals surface area (Å²) < 4.78 is 0. The maximum atomic E-state index is 2.44. The summed E-state index contributed by atoms with van der Waals surface area (Å²) in [6.07, 6.45) is 3.96. The molecular weight excluding hydrogens is 194 g/mol. The molecule has 0 bridgehead atoms. The van der Waals surface area contributed by atoms with Crippen LogP contribution in [0.1, 0.15) is 38.7 Å². The first kappa shape index (κ1) is 13.2. The lowest BCUT2D eigenvalue weighted by molar-refractivity contribution is 0.255. The Morgan fingerprint density at radius 2 is 1.81 bits per heavy atom. The SMILES string of the molecule is CCC[C@H](CC)CN(C)Cc1ccccc1. The molecule has 0 aliphatic heterocycles. The van der Waals surface area contributed by atoms with Crippen molar-refractivity contribution in [3.8, 4) is 0 Å². The van der Waals surface area contributed by atoms with E-state index in [-0.39, 0.29) is 0 Å². The van der Waals surface area contributed by atoms with E-state index in [1.165, 1.54) is 31.4 Å². The number of hydrogen-bond donors (Lipinski definition) is 0. The zero-order valence-corrected chi connectivity index (χ0v) is 10.9. The molecule has 90 valence electrons. The van der Waals surface area contributed by atoms with Gasteiger partial charge in [0, 0.05) is 13.1 Å². The zero-order valence-electron chi connectivity index (χ0n) is 10.9. The molecule has 0 radical (unpaired) electrons. The molecule has 0 aliphatic rings. The van der Waals surface area contributed by atoms with Gasteiger partial charge >= 0.3 is 0 Å². The fourth-order valence-corrected chi connectivity index (χ4v) is 2.23. The fourth-order valence-electron chi connectivity index (χ4n) is 2.23. The van der Waals surface area contributed by atoms with E-state index in [0.29, 0.717) is 0 Å². The van der Waals surface area contributed by atoms with Crippen molar-refractivity contribution in [1.82, 2.24) is 4.90 Å². The van der Waals surface area contributed by atoms with Crippen LogP contribution >= 0.6 is 0 Å². The smallest absolute Gasteiger partial charge is 0.0230 e. The summed E-state index contributed by atoms with van der Waals surface area (Å²) in [7, 11) is 2.23. The molecular formula is C15H25N. The number of benzene rings is 1. The third-order valence-electron chi connectivity index (χ3n) is 3.14.